The smallest absolute Gasteiger partial charge is 0.0886 e. The van der Waals surface area contributed by atoms with Gasteiger partial charge in [-0.15, -0.1) is 0 Å². The van der Waals surface area contributed by atoms with E-state index in [1.54, 1.807) is 37.2 Å². The van der Waals surface area contributed by atoms with Crippen molar-refractivity contribution in [1.82, 2.24) is 29.9 Å². The van der Waals surface area contributed by atoms with Crippen LogP contribution in [0.15, 0.2) is 146 Å². The zero-order chi connectivity index (χ0) is 24.7. The molecule has 6 nitrogen and oxygen atoms in total. The van der Waals surface area contributed by atoms with Gasteiger partial charge in [-0.2, -0.15) is 0 Å². The number of hydrogen-bond donors (Lipinski definition) is 0. The summed E-state index contributed by atoms with van der Waals surface area (Å²) in [5.41, 5.74) is 5.49. The van der Waals surface area contributed by atoms with E-state index in [4.69, 9.17) is 0 Å². The fourth-order valence-corrected chi connectivity index (χ4v) is 3.09. The van der Waals surface area contributed by atoms with Gasteiger partial charge >= 0.3 is 0 Å². The zero-order valence-corrected chi connectivity index (χ0v) is 23.9. The fourth-order valence-electron chi connectivity index (χ4n) is 3.09. The minimum Gasteiger partial charge on any atom is -1.00 e. The topological polar surface area (TPSA) is 77.3 Å². The predicted molar refractivity (Wildman–Crippen MR) is 142 cm³/mol. The van der Waals surface area contributed by atoms with E-state index in [0.717, 1.165) is 34.2 Å². The zero-order valence-electron chi connectivity index (χ0n) is 20.6. The van der Waals surface area contributed by atoms with Crippen LogP contribution in [0, 0.1) is 0 Å². The molecule has 0 aromatic carbocycles. The maximum absolute atomic E-state index is 4.19. The SMILES string of the molecule is [Cl-].[Cl-].[Ru].c1ccc(-c2ccccn2)nc1.c1ccc(-c2ccccn2)nc1.c1ccc(-c2ccccn2)nc1. The molecule has 9 heteroatoms. The van der Waals surface area contributed by atoms with E-state index in [9.17, 15) is 0 Å². The van der Waals surface area contributed by atoms with Crippen molar-refractivity contribution in [3.8, 4) is 34.2 Å². The van der Waals surface area contributed by atoms with Crippen molar-refractivity contribution in [2.75, 3.05) is 0 Å². The summed E-state index contributed by atoms with van der Waals surface area (Å²) < 4.78 is 0. The second-order valence-electron chi connectivity index (χ2n) is 7.29. The Balaban J connectivity index is 0.000000282. The van der Waals surface area contributed by atoms with Crippen LogP contribution in [0.5, 0.6) is 0 Å². The Morgan fingerprint density at radius 3 is 0.513 bits per heavy atom. The average Bonchev–Trinajstić information content (AvgIpc) is 3.01. The maximum Gasteiger partial charge on any atom is 0.0886 e. The van der Waals surface area contributed by atoms with E-state index in [1.807, 2.05) is 109 Å². The minimum atomic E-state index is 0. The third-order valence-electron chi connectivity index (χ3n) is 4.78. The summed E-state index contributed by atoms with van der Waals surface area (Å²) in [6.07, 6.45) is 10.6. The normalized spacial score (nSPS) is 8.92. The van der Waals surface area contributed by atoms with Crippen LogP contribution in [0.3, 0.4) is 0 Å². The van der Waals surface area contributed by atoms with Gasteiger partial charge in [0.05, 0.1) is 34.2 Å². The summed E-state index contributed by atoms with van der Waals surface area (Å²) in [6, 6.07) is 34.8. The van der Waals surface area contributed by atoms with Gasteiger partial charge in [-0.25, -0.2) is 0 Å². The molecule has 0 atom stereocenters. The van der Waals surface area contributed by atoms with Crippen LogP contribution in [0.4, 0.5) is 0 Å². The van der Waals surface area contributed by atoms with Gasteiger partial charge in [0.25, 0.3) is 0 Å². The standard InChI is InChI=1S/3C10H8N2.2ClH.Ru/c3*1-3-7-11-9(5-1)10-6-2-4-8-12-10;;;/h3*1-8H;2*1H;/p-2. The Hall–Kier alpha value is -3.90. The van der Waals surface area contributed by atoms with Crippen LogP contribution in [0.2, 0.25) is 0 Å². The number of nitrogens with zero attached hydrogens (tertiary/aromatic N) is 6. The molecule has 39 heavy (non-hydrogen) atoms. The second kappa shape index (κ2) is 19.2. The maximum atomic E-state index is 4.19. The van der Waals surface area contributed by atoms with Crippen molar-refractivity contribution in [3.63, 3.8) is 0 Å². The number of hydrogen-bond acceptors (Lipinski definition) is 6. The number of rotatable bonds is 3. The first-order chi connectivity index (χ1) is 17.9. The quantitative estimate of drug-likeness (QED) is 0.262. The van der Waals surface area contributed by atoms with Crippen molar-refractivity contribution in [1.29, 1.82) is 0 Å². The van der Waals surface area contributed by atoms with Crippen LogP contribution in [-0.2, 0) is 19.5 Å². The van der Waals surface area contributed by atoms with Gasteiger partial charge in [-0.05, 0) is 72.8 Å². The van der Waals surface area contributed by atoms with Gasteiger partial charge in [0, 0.05) is 56.7 Å². The van der Waals surface area contributed by atoms with Gasteiger partial charge in [0.1, 0.15) is 0 Å². The van der Waals surface area contributed by atoms with Crippen molar-refractivity contribution in [3.05, 3.63) is 146 Å². The van der Waals surface area contributed by atoms with Gasteiger partial charge < -0.3 is 24.8 Å². The average molecular weight is 641 g/mol. The van der Waals surface area contributed by atoms with E-state index in [0.29, 0.717) is 0 Å². The largest absolute Gasteiger partial charge is 1.00 e. The van der Waals surface area contributed by atoms with E-state index in [2.05, 4.69) is 29.9 Å². The second-order valence-corrected chi connectivity index (χ2v) is 7.29. The number of halogens is 2. The van der Waals surface area contributed by atoms with Crippen LogP contribution in [0.25, 0.3) is 34.2 Å². The fraction of sp³-hybridized carbons (Fsp3) is 0. The number of pyridine rings is 6. The summed E-state index contributed by atoms with van der Waals surface area (Å²) in [5, 5.41) is 0. The predicted octanol–water partition coefficient (Wildman–Crippen LogP) is 0.436. The van der Waals surface area contributed by atoms with Crippen molar-refractivity contribution in [2.45, 2.75) is 0 Å². The van der Waals surface area contributed by atoms with Crippen LogP contribution >= 0.6 is 0 Å². The molecule has 6 aromatic rings. The molecule has 0 aliphatic rings. The summed E-state index contributed by atoms with van der Waals surface area (Å²) in [4.78, 5) is 25.1. The number of aromatic nitrogens is 6. The molecule has 0 aliphatic heterocycles. The van der Waals surface area contributed by atoms with Gasteiger partial charge in [0.15, 0.2) is 0 Å². The van der Waals surface area contributed by atoms with Crippen molar-refractivity contribution in [2.24, 2.45) is 0 Å². The molecule has 198 valence electrons. The van der Waals surface area contributed by atoms with E-state index < -0.39 is 0 Å². The third-order valence-corrected chi connectivity index (χ3v) is 4.78. The molecule has 0 spiro atoms. The molecule has 0 fully saturated rings. The minimum absolute atomic E-state index is 0. The molecule has 0 saturated heterocycles. The van der Waals surface area contributed by atoms with E-state index >= 15 is 0 Å². The molecule has 6 aromatic heterocycles. The summed E-state index contributed by atoms with van der Waals surface area (Å²) in [5.74, 6) is 0. The Morgan fingerprint density at radius 2 is 0.410 bits per heavy atom. The van der Waals surface area contributed by atoms with E-state index in [1.165, 1.54) is 0 Å². The first-order valence-corrected chi connectivity index (χ1v) is 11.4. The molecular weight excluding hydrogens is 616 g/mol. The summed E-state index contributed by atoms with van der Waals surface area (Å²) in [7, 11) is 0. The molecule has 0 unspecified atom stereocenters. The van der Waals surface area contributed by atoms with Gasteiger partial charge in [-0.3, -0.25) is 29.9 Å². The molecule has 0 saturated carbocycles. The monoisotopic (exact) mass is 640 g/mol. The molecule has 0 aliphatic carbocycles. The van der Waals surface area contributed by atoms with Gasteiger partial charge in [0.2, 0.25) is 0 Å². The Morgan fingerprint density at radius 1 is 0.256 bits per heavy atom. The van der Waals surface area contributed by atoms with Gasteiger partial charge in [-0.1, -0.05) is 36.4 Å². The molecule has 6 heterocycles. The Bertz CT molecular complexity index is 1110. The molecule has 6 rings (SSSR count). The van der Waals surface area contributed by atoms with Crippen molar-refractivity contribution < 1.29 is 44.3 Å². The Kier molecular flexibility index (Phi) is 16.3. The molecule has 0 radical (unpaired) electrons. The molecular formula is C30H24Cl2N6Ru-2. The molecule has 0 amide bonds. The third kappa shape index (κ3) is 11.2. The summed E-state index contributed by atoms with van der Waals surface area (Å²) >= 11 is 0. The first kappa shape index (κ1) is 33.1. The molecule has 0 bridgehead atoms. The Labute approximate surface area is 253 Å². The van der Waals surface area contributed by atoms with Crippen LogP contribution < -0.4 is 24.8 Å². The van der Waals surface area contributed by atoms with Crippen molar-refractivity contribution >= 4 is 0 Å². The van der Waals surface area contributed by atoms with Crippen LogP contribution in [0.1, 0.15) is 0 Å². The molecule has 0 N–H and O–H groups in total. The summed E-state index contributed by atoms with van der Waals surface area (Å²) in [6.45, 7) is 0. The first-order valence-electron chi connectivity index (χ1n) is 11.4. The van der Waals surface area contributed by atoms with Crippen LogP contribution in [-0.4, -0.2) is 29.9 Å². The van der Waals surface area contributed by atoms with E-state index in [-0.39, 0.29) is 44.3 Å².